The van der Waals surface area contributed by atoms with Crippen LogP contribution in [-0.2, 0) is 13.1 Å². The number of nitrogens with zero attached hydrogens (tertiary/aromatic N) is 4. The number of nitrogens with one attached hydrogen (secondary N) is 1. The second-order valence-electron chi connectivity index (χ2n) is 7.51. The highest BCUT2D eigenvalue weighted by atomic mass is 19.1. The number of carbonyl (C=O) groups is 1. The number of likely N-dealkylation sites (tertiary alicyclic amines) is 1. The lowest BCUT2D eigenvalue weighted by Gasteiger charge is -2.32. The van der Waals surface area contributed by atoms with Crippen LogP contribution >= 0.6 is 0 Å². The summed E-state index contributed by atoms with van der Waals surface area (Å²) in [5.74, 6) is -1.63. The van der Waals surface area contributed by atoms with Crippen molar-refractivity contribution in [3.8, 4) is 0 Å². The van der Waals surface area contributed by atoms with Crippen LogP contribution in [0.5, 0.6) is 0 Å². The number of hydrogen-bond donors (Lipinski definition) is 1. The van der Waals surface area contributed by atoms with E-state index < -0.39 is 11.6 Å². The SMILES string of the molecule is O=C(NC1CCN(Cc2ccccc2)CC1)c1cn(Cc2c(F)cccc2F)nn1. The molecule has 0 spiro atoms. The van der Waals surface area contributed by atoms with Gasteiger partial charge in [0.15, 0.2) is 5.69 Å². The minimum atomic E-state index is -0.654. The highest BCUT2D eigenvalue weighted by Gasteiger charge is 2.22. The molecule has 2 aromatic carbocycles. The number of hydrogen-bond acceptors (Lipinski definition) is 4. The lowest BCUT2D eigenvalue weighted by Crippen LogP contribution is -2.44. The van der Waals surface area contributed by atoms with Gasteiger partial charge in [-0.15, -0.1) is 5.10 Å². The Morgan fingerprint density at radius 1 is 1.00 bits per heavy atom. The first-order valence-electron chi connectivity index (χ1n) is 9.98. The summed E-state index contributed by atoms with van der Waals surface area (Å²) in [7, 11) is 0. The molecule has 1 N–H and O–H groups in total. The van der Waals surface area contributed by atoms with E-state index in [0.717, 1.165) is 32.5 Å². The van der Waals surface area contributed by atoms with Crippen molar-refractivity contribution in [2.24, 2.45) is 0 Å². The van der Waals surface area contributed by atoms with Crippen LogP contribution in [-0.4, -0.2) is 44.9 Å². The number of piperidine rings is 1. The summed E-state index contributed by atoms with van der Waals surface area (Å²) in [6.07, 6.45) is 3.12. The molecule has 1 aliphatic rings. The third-order valence-electron chi connectivity index (χ3n) is 5.32. The van der Waals surface area contributed by atoms with E-state index in [-0.39, 0.29) is 29.8 Å². The highest BCUT2D eigenvalue weighted by Crippen LogP contribution is 2.15. The molecule has 2 heterocycles. The Bertz CT molecular complexity index is 980. The minimum Gasteiger partial charge on any atom is -0.348 e. The highest BCUT2D eigenvalue weighted by molar-refractivity contribution is 5.92. The molecule has 8 heteroatoms. The molecule has 0 atom stereocenters. The van der Waals surface area contributed by atoms with Crippen LogP contribution in [0.4, 0.5) is 8.78 Å². The topological polar surface area (TPSA) is 63.1 Å². The zero-order valence-electron chi connectivity index (χ0n) is 16.5. The van der Waals surface area contributed by atoms with E-state index in [1.165, 1.54) is 34.6 Å². The Kier molecular flexibility index (Phi) is 6.13. The molecule has 30 heavy (non-hydrogen) atoms. The van der Waals surface area contributed by atoms with Gasteiger partial charge in [0.1, 0.15) is 11.6 Å². The molecule has 0 aliphatic carbocycles. The van der Waals surface area contributed by atoms with Gasteiger partial charge in [-0.2, -0.15) is 0 Å². The van der Waals surface area contributed by atoms with Crippen LogP contribution in [0.3, 0.4) is 0 Å². The standard InChI is InChI=1S/C22H23F2N5O/c23-19-7-4-8-20(24)18(19)14-29-15-21(26-27-29)22(30)25-17-9-11-28(12-10-17)13-16-5-2-1-3-6-16/h1-8,15,17H,9-14H2,(H,25,30). The van der Waals surface area contributed by atoms with E-state index in [0.29, 0.717) is 0 Å². The minimum absolute atomic E-state index is 0.0682. The summed E-state index contributed by atoms with van der Waals surface area (Å²) in [4.78, 5) is 14.9. The summed E-state index contributed by atoms with van der Waals surface area (Å²) in [6, 6.07) is 14.1. The summed E-state index contributed by atoms with van der Waals surface area (Å²) < 4.78 is 28.9. The lowest BCUT2D eigenvalue weighted by molar-refractivity contribution is 0.0904. The van der Waals surface area contributed by atoms with Gasteiger partial charge in [-0.25, -0.2) is 13.5 Å². The maximum atomic E-state index is 13.8. The third kappa shape index (κ3) is 4.88. The van der Waals surface area contributed by atoms with Gasteiger partial charge in [-0.3, -0.25) is 9.69 Å². The first kappa shape index (κ1) is 20.2. The van der Waals surface area contributed by atoms with Gasteiger partial charge < -0.3 is 5.32 Å². The molecule has 1 aromatic heterocycles. The Balaban J connectivity index is 1.29. The fourth-order valence-corrected chi connectivity index (χ4v) is 3.66. The van der Waals surface area contributed by atoms with E-state index in [9.17, 15) is 13.6 Å². The zero-order valence-corrected chi connectivity index (χ0v) is 16.5. The van der Waals surface area contributed by atoms with Gasteiger partial charge in [0.2, 0.25) is 0 Å². The normalized spacial score (nSPS) is 15.3. The molecule has 1 aliphatic heterocycles. The molecule has 0 bridgehead atoms. The van der Waals surface area contributed by atoms with Crippen molar-refractivity contribution in [1.29, 1.82) is 0 Å². The number of amides is 1. The van der Waals surface area contributed by atoms with Crippen molar-refractivity contribution in [3.05, 3.63) is 83.2 Å². The predicted molar refractivity (Wildman–Crippen MR) is 108 cm³/mol. The second-order valence-corrected chi connectivity index (χ2v) is 7.51. The summed E-state index contributed by atoms with van der Waals surface area (Å²) in [6.45, 7) is 2.58. The smallest absolute Gasteiger partial charge is 0.273 e. The van der Waals surface area contributed by atoms with E-state index in [1.54, 1.807) is 0 Å². The third-order valence-corrected chi connectivity index (χ3v) is 5.32. The molecule has 6 nitrogen and oxygen atoms in total. The number of halogens is 2. The average Bonchev–Trinajstić information content (AvgIpc) is 3.22. The summed E-state index contributed by atoms with van der Waals surface area (Å²) >= 11 is 0. The van der Waals surface area contributed by atoms with Crippen molar-refractivity contribution in [3.63, 3.8) is 0 Å². The van der Waals surface area contributed by atoms with Gasteiger partial charge in [0.05, 0.1) is 12.7 Å². The molecule has 0 radical (unpaired) electrons. The Morgan fingerprint density at radius 3 is 2.40 bits per heavy atom. The second kappa shape index (κ2) is 9.13. The molecule has 4 rings (SSSR count). The van der Waals surface area contributed by atoms with Crippen LogP contribution in [0.25, 0.3) is 0 Å². The van der Waals surface area contributed by atoms with Gasteiger partial charge in [-0.05, 0) is 30.5 Å². The fourth-order valence-electron chi connectivity index (χ4n) is 3.66. The largest absolute Gasteiger partial charge is 0.348 e. The first-order valence-corrected chi connectivity index (χ1v) is 9.98. The predicted octanol–water partition coefficient (Wildman–Crippen LogP) is 3.00. The van der Waals surface area contributed by atoms with Crippen molar-refractivity contribution in [2.75, 3.05) is 13.1 Å². The average molecular weight is 411 g/mol. The van der Waals surface area contributed by atoms with Crippen molar-refractivity contribution >= 4 is 5.91 Å². The van der Waals surface area contributed by atoms with E-state index >= 15 is 0 Å². The number of aromatic nitrogens is 3. The van der Waals surface area contributed by atoms with Crippen LogP contribution < -0.4 is 5.32 Å². The molecule has 1 amide bonds. The van der Waals surface area contributed by atoms with Crippen molar-refractivity contribution in [2.45, 2.75) is 32.0 Å². The lowest BCUT2D eigenvalue weighted by atomic mass is 10.0. The van der Waals surface area contributed by atoms with Crippen molar-refractivity contribution < 1.29 is 13.6 Å². The van der Waals surface area contributed by atoms with Gasteiger partial charge >= 0.3 is 0 Å². The van der Waals surface area contributed by atoms with Gasteiger partial charge in [0, 0.05) is 31.2 Å². The number of carbonyl (C=O) groups excluding carboxylic acids is 1. The quantitative estimate of drug-likeness (QED) is 0.677. The molecular formula is C22H23F2N5O. The molecular weight excluding hydrogens is 388 g/mol. The Labute approximate surface area is 173 Å². The molecule has 1 fully saturated rings. The fraction of sp³-hybridized carbons (Fsp3) is 0.318. The maximum absolute atomic E-state index is 13.8. The zero-order chi connectivity index (χ0) is 20.9. The Morgan fingerprint density at radius 2 is 1.70 bits per heavy atom. The molecule has 0 saturated carbocycles. The summed E-state index contributed by atoms with van der Waals surface area (Å²) in [5.41, 5.74) is 1.31. The van der Waals surface area contributed by atoms with E-state index in [2.05, 4.69) is 32.7 Å². The van der Waals surface area contributed by atoms with E-state index in [4.69, 9.17) is 0 Å². The molecule has 0 unspecified atom stereocenters. The molecule has 156 valence electrons. The van der Waals surface area contributed by atoms with Crippen molar-refractivity contribution in [1.82, 2.24) is 25.2 Å². The van der Waals surface area contributed by atoms with Crippen LogP contribution in [0, 0.1) is 11.6 Å². The molecule has 1 saturated heterocycles. The maximum Gasteiger partial charge on any atom is 0.273 e. The van der Waals surface area contributed by atoms with Crippen LogP contribution in [0.2, 0.25) is 0 Å². The number of rotatable bonds is 6. The van der Waals surface area contributed by atoms with Crippen LogP contribution in [0.15, 0.2) is 54.7 Å². The summed E-state index contributed by atoms with van der Waals surface area (Å²) in [5, 5.41) is 10.7. The van der Waals surface area contributed by atoms with Crippen LogP contribution in [0.1, 0.15) is 34.5 Å². The van der Waals surface area contributed by atoms with Gasteiger partial charge in [0.25, 0.3) is 5.91 Å². The number of benzene rings is 2. The van der Waals surface area contributed by atoms with Gasteiger partial charge in [-0.1, -0.05) is 41.6 Å². The van der Waals surface area contributed by atoms with E-state index in [1.807, 2.05) is 18.2 Å². The monoisotopic (exact) mass is 411 g/mol. The molecule has 3 aromatic rings. The Hall–Kier alpha value is -3.13. The first-order chi connectivity index (χ1) is 14.6.